The van der Waals surface area contributed by atoms with Gasteiger partial charge in [0.2, 0.25) is 5.91 Å². The molecule has 1 amide bonds. The summed E-state index contributed by atoms with van der Waals surface area (Å²) in [5.41, 5.74) is 1.25. The van der Waals surface area contributed by atoms with Gasteiger partial charge in [0.1, 0.15) is 12.4 Å². The number of rotatable bonds is 4. The molecular formula is C26H39ClN4O5S2. The van der Waals surface area contributed by atoms with Crippen LogP contribution in [0.5, 0.6) is 5.75 Å². The fourth-order valence-electron chi connectivity index (χ4n) is 2.65. The second-order valence-electron chi connectivity index (χ2n) is 6.07. The minimum atomic E-state index is -1.57. The second-order valence-corrected chi connectivity index (χ2v) is 8.63. The zero-order chi connectivity index (χ0) is 29.8. The van der Waals surface area contributed by atoms with Crippen molar-refractivity contribution in [2.75, 3.05) is 22.8 Å². The van der Waals surface area contributed by atoms with E-state index in [9.17, 15) is 13.8 Å². The number of benzene rings is 1. The number of hydrogen-bond acceptors (Lipinski definition) is 6. The molecule has 9 nitrogen and oxygen atoms in total. The van der Waals surface area contributed by atoms with Gasteiger partial charge in [-0.25, -0.2) is 9.19 Å². The average Bonchev–Trinajstić information content (AvgIpc) is 3.52. The van der Waals surface area contributed by atoms with Gasteiger partial charge in [0.15, 0.2) is 26.1 Å². The van der Waals surface area contributed by atoms with Crippen molar-refractivity contribution < 1.29 is 23.6 Å². The molecular weight excluding hydrogens is 548 g/mol. The molecule has 212 valence electrons. The van der Waals surface area contributed by atoms with E-state index in [4.69, 9.17) is 21.4 Å². The molecule has 0 fully saturated rings. The Hall–Kier alpha value is -3.07. The zero-order valence-electron chi connectivity index (χ0n) is 23.3. The number of anilines is 2. The Labute approximate surface area is 237 Å². The maximum Gasteiger partial charge on any atom is 0.303 e. The van der Waals surface area contributed by atoms with Crippen molar-refractivity contribution in [3.05, 3.63) is 34.9 Å². The van der Waals surface area contributed by atoms with Gasteiger partial charge in [0.25, 0.3) is 0 Å². The Morgan fingerprint density at radius 1 is 1.21 bits per heavy atom. The topological polar surface area (TPSA) is 113 Å². The Morgan fingerprint density at radius 3 is 2.32 bits per heavy atom. The lowest BCUT2D eigenvalue weighted by Gasteiger charge is -2.30. The third-order valence-corrected chi connectivity index (χ3v) is 6.58. The molecule has 1 aliphatic rings. The molecule has 3 heterocycles. The number of nitrogens with zero attached hydrogens (tertiary/aromatic N) is 3. The first kappa shape index (κ1) is 37.1. The highest BCUT2D eigenvalue weighted by atomic mass is 35.5. The fraction of sp³-hybridized carbons (Fsp3) is 0.423. The predicted molar refractivity (Wildman–Crippen MR) is 160 cm³/mol. The number of ether oxygens (including phenoxy) is 1. The van der Waals surface area contributed by atoms with Gasteiger partial charge in [-0.2, -0.15) is 0 Å². The number of aromatic nitrogens is 2. The molecule has 1 aliphatic heterocycles. The van der Waals surface area contributed by atoms with Crippen LogP contribution in [0.25, 0.3) is 4.96 Å². The molecule has 2 aromatic heterocycles. The lowest BCUT2D eigenvalue weighted by molar-refractivity contribution is -0.136. The normalized spacial score (nSPS) is 11.3. The summed E-state index contributed by atoms with van der Waals surface area (Å²) in [5.74, 6) is -0.316. The van der Waals surface area contributed by atoms with E-state index in [1.807, 2.05) is 46.9 Å². The second kappa shape index (κ2) is 20.9. The average molecular weight is 587 g/mol. The minimum Gasteiger partial charge on any atom is -0.489 e. The molecule has 0 aliphatic carbocycles. The van der Waals surface area contributed by atoms with Gasteiger partial charge in [-0.05, 0) is 18.2 Å². The van der Waals surface area contributed by atoms with Gasteiger partial charge in [-0.1, -0.05) is 60.1 Å². The number of fused-ring (bicyclic) bond motifs is 2. The van der Waals surface area contributed by atoms with Gasteiger partial charge in [0, 0.05) is 30.6 Å². The van der Waals surface area contributed by atoms with E-state index in [1.54, 1.807) is 40.0 Å². The van der Waals surface area contributed by atoms with Crippen molar-refractivity contribution in [2.45, 2.75) is 66.8 Å². The van der Waals surface area contributed by atoms with Crippen LogP contribution in [-0.4, -0.2) is 43.7 Å². The summed E-state index contributed by atoms with van der Waals surface area (Å²) < 4.78 is 22.3. The van der Waals surface area contributed by atoms with Crippen molar-refractivity contribution in [1.29, 1.82) is 0 Å². The van der Waals surface area contributed by atoms with Crippen LogP contribution in [0.1, 0.15) is 61.8 Å². The van der Waals surface area contributed by atoms with E-state index in [0.717, 1.165) is 0 Å². The first-order valence-electron chi connectivity index (χ1n) is 12.2. The lowest BCUT2D eigenvalue weighted by atomic mass is 10.2. The molecule has 0 saturated heterocycles. The number of terminal acetylenes is 1. The van der Waals surface area contributed by atoms with Crippen LogP contribution in [0, 0.1) is 12.8 Å². The highest BCUT2D eigenvalue weighted by molar-refractivity contribution is 7.86. The summed E-state index contributed by atoms with van der Waals surface area (Å²) in [6.45, 7) is 15.9. The molecule has 0 saturated carbocycles. The van der Waals surface area contributed by atoms with Crippen LogP contribution in [0.2, 0.25) is 5.15 Å². The molecule has 0 radical (unpaired) electrons. The molecule has 0 bridgehead atoms. The standard InChI is InChI=1S/C15H13ClN4O3S2.C3H6O2.3C2H6.C2H2/c1-9(21)17-10-2-3-12-11(8-10)20(4-6-23-12)25(22)14-13(16)18-15-19(14)5-7-24-15;1-2-3(4)5;4*1-2/h2-3,5,7-8H,4,6H2,1H3,(H,17,21);2H2,1H3,(H,4,5);3*1-2H3;1-2H. The first-order valence-corrected chi connectivity index (χ1v) is 14.6. The van der Waals surface area contributed by atoms with E-state index < -0.39 is 17.0 Å². The van der Waals surface area contributed by atoms with E-state index in [2.05, 4.69) is 23.1 Å². The van der Waals surface area contributed by atoms with Crippen molar-refractivity contribution in [1.82, 2.24) is 9.38 Å². The van der Waals surface area contributed by atoms with E-state index >= 15 is 0 Å². The van der Waals surface area contributed by atoms with Crippen LogP contribution >= 0.6 is 22.9 Å². The first-order chi connectivity index (χ1) is 18.3. The number of imidazole rings is 1. The van der Waals surface area contributed by atoms with Crippen LogP contribution in [0.4, 0.5) is 11.4 Å². The van der Waals surface area contributed by atoms with Crippen molar-refractivity contribution in [2.24, 2.45) is 0 Å². The molecule has 12 heteroatoms. The van der Waals surface area contributed by atoms with Gasteiger partial charge < -0.3 is 15.2 Å². The molecule has 2 N–H and O–H groups in total. The molecule has 1 aromatic carbocycles. The number of carbonyl (C=O) groups is 2. The van der Waals surface area contributed by atoms with Crippen molar-refractivity contribution in [3.63, 3.8) is 0 Å². The number of carbonyl (C=O) groups excluding carboxylic acids is 1. The van der Waals surface area contributed by atoms with Crippen LogP contribution in [0.15, 0.2) is 34.8 Å². The highest BCUT2D eigenvalue weighted by Crippen LogP contribution is 2.37. The summed E-state index contributed by atoms with van der Waals surface area (Å²) in [6, 6.07) is 5.24. The van der Waals surface area contributed by atoms with Gasteiger partial charge in [-0.15, -0.1) is 24.2 Å². The maximum atomic E-state index is 13.2. The maximum absolute atomic E-state index is 13.2. The quantitative estimate of drug-likeness (QED) is 0.327. The smallest absolute Gasteiger partial charge is 0.303 e. The van der Waals surface area contributed by atoms with Crippen LogP contribution < -0.4 is 14.4 Å². The Balaban J connectivity index is 0. The summed E-state index contributed by atoms with van der Waals surface area (Å²) in [6.07, 6.45) is 10.0. The molecule has 1 atom stereocenters. The number of amides is 1. The fourth-order valence-corrected chi connectivity index (χ4v) is 5.11. The summed E-state index contributed by atoms with van der Waals surface area (Å²) in [4.78, 5) is 25.6. The number of hydrogen-bond donors (Lipinski definition) is 2. The Kier molecular flexibility index (Phi) is 20.4. The number of thiazole rings is 1. The van der Waals surface area contributed by atoms with Crippen molar-refractivity contribution in [3.8, 4) is 18.6 Å². The Morgan fingerprint density at radius 2 is 1.79 bits per heavy atom. The summed E-state index contributed by atoms with van der Waals surface area (Å²) in [7, 11) is -1.57. The van der Waals surface area contributed by atoms with E-state index in [-0.39, 0.29) is 17.5 Å². The molecule has 1 unspecified atom stereocenters. The van der Waals surface area contributed by atoms with E-state index in [1.165, 1.54) is 18.3 Å². The number of halogens is 1. The van der Waals surface area contributed by atoms with Crippen LogP contribution in [0.3, 0.4) is 0 Å². The van der Waals surface area contributed by atoms with Crippen molar-refractivity contribution >= 4 is 62.1 Å². The van der Waals surface area contributed by atoms with Gasteiger partial charge >= 0.3 is 5.97 Å². The van der Waals surface area contributed by atoms with E-state index in [0.29, 0.717) is 40.3 Å². The summed E-state index contributed by atoms with van der Waals surface area (Å²) >= 11 is 7.64. The number of aliphatic carboxylic acids is 1. The molecule has 4 rings (SSSR count). The molecule has 0 spiro atoms. The summed E-state index contributed by atoms with van der Waals surface area (Å²) in [5, 5.41) is 13.0. The van der Waals surface area contributed by atoms with Gasteiger partial charge in [0.05, 0.1) is 12.2 Å². The van der Waals surface area contributed by atoms with Crippen LogP contribution in [-0.2, 0) is 20.6 Å². The minimum absolute atomic E-state index is 0.178. The molecule has 38 heavy (non-hydrogen) atoms. The highest BCUT2D eigenvalue weighted by Gasteiger charge is 2.28. The number of nitrogens with one attached hydrogen (secondary N) is 1. The SMILES string of the molecule is C#C.CC.CC.CC.CC(=O)Nc1ccc2c(c1)N(S(=O)c1c(Cl)nc3sccn13)CCO2.CCC(=O)O. The largest absolute Gasteiger partial charge is 0.489 e. The molecule has 3 aromatic rings. The third kappa shape index (κ3) is 10.7. The lowest BCUT2D eigenvalue weighted by Crippen LogP contribution is -2.35. The predicted octanol–water partition coefficient (Wildman–Crippen LogP) is 6.74. The zero-order valence-corrected chi connectivity index (χ0v) is 25.7. The third-order valence-electron chi connectivity index (χ3n) is 3.95. The Bertz CT molecular complexity index is 1160. The number of carboxylic acid groups (broad SMARTS) is 1. The monoisotopic (exact) mass is 586 g/mol. The van der Waals surface area contributed by atoms with Gasteiger partial charge in [-0.3, -0.25) is 18.3 Å². The number of carboxylic acids is 1.